The molecule has 0 saturated heterocycles. The molecule has 0 saturated carbocycles. The van der Waals surface area contributed by atoms with Crippen LogP contribution in [0, 0.1) is 5.92 Å². The summed E-state index contributed by atoms with van der Waals surface area (Å²) in [5, 5.41) is 14.9. The van der Waals surface area contributed by atoms with Gasteiger partial charge in [0.1, 0.15) is 6.04 Å². The van der Waals surface area contributed by atoms with Crippen molar-refractivity contribution in [3.05, 3.63) is 96.3 Å². The van der Waals surface area contributed by atoms with E-state index in [1.807, 2.05) is 80.6 Å². The molecule has 12 nitrogen and oxygen atoms in total. The number of aromatic nitrogens is 5. The summed E-state index contributed by atoms with van der Waals surface area (Å²) in [5.41, 5.74) is 2.55. The van der Waals surface area contributed by atoms with Gasteiger partial charge in [0.15, 0.2) is 11.6 Å². The van der Waals surface area contributed by atoms with Crippen molar-refractivity contribution in [3.63, 3.8) is 0 Å². The van der Waals surface area contributed by atoms with Crippen molar-refractivity contribution in [2.75, 3.05) is 13.1 Å². The van der Waals surface area contributed by atoms with Crippen molar-refractivity contribution >= 4 is 17.7 Å². The van der Waals surface area contributed by atoms with E-state index in [1.165, 1.54) is 0 Å². The molecule has 0 fully saturated rings. The second kappa shape index (κ2) is 14.4. The molecule has 48 heavy (non-hydrogen) atoms. The Hall–Kier alpha value is -5.65. The Morgan fingerprint density at radius 3 is 2.21 bits per heavy atom. The first-order valence-corrected chi connectivity index (χ1v) is 16.2. The number of benzene rings is 3. The molecule has 3 amide bonds. The molecule has 0 radical (unpaired) electrons. The van der Waals surface area contributed by atoms with Crippen LogP contribution in [-0.4, -0.2) is 66.7 Å². The molecular weight excluding hydrogens is 608 g/mol. The number of rotatable bonds is 5. The highest BCUT2D eigenvalue weighted by Gasteiger charge is 2.29. The molecule has 6 rings (SSSR count). The Bertz CT molecular complexity index is 1890. The van der Waals surface area contributed by atoms with E-state index in [0.717, 1.165) is 11.1 Å². The zero-order valence-corrected chi connectivity index (χ0v) is 27.2. The number of amides is 3. The normalized spacial score (nSPS) is 17.7. The predicted molar refractivity (Wildman–Crippen MR) is 179 cm³/mol. The Morgan fingerprint density at radius 1 is 0.833 bits per heavy atom. The lowest BCUT2D eigenvalue weighted by Gasteiger charge is -2.27. The Morgan fingerprint density at radius 2 is 1.50 bits per heavy atom. The smallest absolute Gasteiger partial charge is 0.259 e. The number of fused-ring (bicyclic) bond motifs is 1. The molecule has 0 unspecified atom stereocenters. The van der Waals surface area contributed by atoms with E-state index in [1.54, 1.807) is 34.7 Å². The Kier molecular flexibility index (Phi) is 9.70. The Balaban J connectivity index is 1.35. The number of carbonyl (C=O) groups excluding carboxylic acids is 3. The molecule has 2 aromatic heterocycles. The number of hydrogen-bond donors (Lipinski definition) is 2. The number of nitrogens with one attached hydrogen (secondary N) is 2. The average Bonchev–Trinajstić information content (AvgIpc) is 3.77. The molecule has 246 valence electrons. The van der Waals surface area contributed by atoms with Crippen LogP contribution >= 0.6 is 0 Å². The van der Waals surface area contributed by atoms with Crippen molar-refractivity contribution in [1.29, 1.82) is 0 Å². The fourth-order valence-corrected chi connectivity index (χ4v) is 5.67. The van der Waals surface area contributed by atoms with Gasteiger partial charge in [-0.2, -0.15) is 10.1 Å². The van der Waals surface area contributed by atoms with Gasteiger partial charge in [-0.15, -0.1) is 0 Å². The maximum Gasteiger partial charge on any atom is 0.259 e. The maximum atomic E-state index is 14.3. The topological polar surface area (TPSA) is 148 Å². The van der Waals surface area contributed by atoms with Crippen molar-refractivity contribution < 1.29 is 18.9 Å². The fourth-order valence-electron chi connectivity index (χ4n) is 5.67. The molecule has 2 atom stereocenters. The van der Waals surface area contributed by atoms with Gasteiger partial charge in [0.2, 0.25) is 17.6 Å². The highest BCUT2D eigenvalue weighted by Crippen LogP contribution is 2.28. The quantitative estimate of drug-likeness (QED) is 0.274. The van der Waals surface area contributed by atoms with Crippen molar-refractivity contribution in [2.24, 2.45) is 5.92 Å². The third-order valence-electron chi connectivity index (χ3n) is 8.29. The highest BCUT2D eigenvalue weighted by molar-refractivity contribution is 6.00. The van der Waals surface area contributed by atoms with Gasteiger partial charge in [0.05, 0.1) is 23.7 Å². The van der Waals surface area contributed by atoms with Crippen LogP contribution in [0.1, 0.15) is 55.8 Å². The van der Waals surface area contributed by atoms with E-state index in [9.17, 15) is 14.4 Å². The first kappa shape index (κ1) is 32.3. The second-order valence-electron chi connectivity index (χ2n) is 12.1. The van der Waals surface area contributed by atoms with E-state index in [4.69, 9.17) is 14.6 Å². The molecule has 2 N–H and O–H groups in total. The minimum atomic E-state index is -0.758. The lowest BCUT2D eigenvalue weighted by molar-refractivity contribution is -0.129. The minimum absolute atomic E-state index is 0.0453. The minimum Gasteiger partial charge on any atom is -0.345 e. The number of nitrogens with zero attached hydrogens (tertiary/aromatic N) is 6. The summed E-state index contributed by atoms with van der Waals surface area (Å²) in [6.07, 6.45) is 0.536. The van der Waals surface area contributed by atoms with Crippen LogP contribution in [0.3, 0.4) is 0 Å². The molecule has 0 bridgehead atoms. The van der Waals surface area contributed by atoms with E-state index in [0.29, 0.717) is 48.1 Å². The van der Waals surface area contributed by atoms with Gasteiger partial charge in [-0.1, -0.05) is 91.8 Å². The van der Waals surface area contributed by atoms with Gasteiger partial charge >= 0.3 is 0 Å². The first-order chi connectivity index (χ1) is 23.3. The summed E-state index contributed by atoms with van der Waals surface area (Å²) in [6, 6.07) is 25.0. The van der Waals surface area contributed by atoms with Gasteiger partial charge in [-0.25, -0.2) is 9.67 Å². The molecule has 1 aliphatic rings. The van der Waals surface area contributed by atoms with E-state index in [-0.39, 0.29) is 42.5 Å². The van der Waals surface area contributed by atoms with Gasteiger partial charge < -0.3 is 20.1 Å². The van der Waals surface area contributed by atoms with Gasteiger partial charge in [-0.05, 0) is 31.4 Å². The van der Waals surface area contributed by atoms with Crippen molar-refractivity contribution in [1.82, 2.24) is 40.4 Å². The van der Waals surface area contributed by atoms with Gasteiger partial charge in [0, 0.05) is 30.6 Å². The molecule has 12 heteroatoms. The van der Waals surface area contributed by atoms with E-state index < -0.39 is 12.1 Å². The third-order valence-corrected chi connectivity index (χ3v) is 8.29. The predicted octanol–water partition coefficient (Wildman–Crippen LogP) is 4.92. The van der Waals surface area contributed by atoms with Crippen LogP contribution in [-0.2, 0) is 16.1 Å². The molecule has 3 aromatic carbocycles. The van der Waals surface area contributed by atoms with Crippen LogP contribution in [0.2, 0.25) is 0 Å². The fraction of sp³-hybridized carbons (Fsp3) is 0.306. The summed E-state index contributed by atoms with van der Waals surface area (Å²) in [5.74, 6) is 0.879. The number of hydrogen-bond acceptors (Lipinski definition) is 8. The SMILES string of the molecule is CC(C)[C@@H]1NC(=O)[C@@H](C)NC(=O)CCCN(C(=O)c2ccccc2-c2nc(-c3ccccc3)no2)CCn2nc(-c3ccccc3)nc21. The standard InChI is InChI=1S/C36H38N8O4/c1-23(2)30-33-39-31(25-13-6-4-7-14-25)41-44(33)22-21-43(20-12-19-29(45)37-24(3)34(46)38-30)36(47)28-18-11-10-17-27(28)35-40-32(42-48-35)26-15-8-5-9-16-26/h4-11,13-18,23-24,30H,12,19-22H2,1-3H3,(H,37,45)(H,38,46)/t24-,30+/m1/s1. The summed E-state index contributed by atoms with van der Waals surface area (Å²) in [6.45, 7) is 6.52. The zero-order valence-electron chi connectivity index (χ0n) is 27.2. The largest absolute Gasteiger partial charge is 0.345 e. The lowest BCUT2D eigenvalue weighted by atomic mass is 10.0. The molecule has 5 aromatic rings. The van der Waals surface area contributed by atoms with Gasteiger partial charge in [0.25, 0.3) is 11.8 Å². The van der Waals surface area contributed by atoms with Crippen molar-refractivity contribution in [2.45, 2.75) is 52.2 Å². The van der Waals surface area contributed by atoms with Crippen LogP contribution in [0.4, 0.5) is 0 Å². The van der Waals surface area contributed by atoms with E-state index in [2.05, 4.69) is 20.8 Å². The molecule has 0 spiro atoms. The maximum absolute atomic E-state index is 14.3. The van der Waals surface area contributed by atoms with Crippen molar-refractivity contribution in [3.8, 4) is 34.2 Å². The van der Waals surface area contributed by atoms with Gasteiger partial charge in [-0.3, -0.25) is 14.4 Å². The average molecular weight is 647 g/mol. The molecular formula is C36H38N8O4. The van der Waals surface area contributed by atoms with Crippen LogP contribution in [0.5, 0.6) is 0 Å². The molecule has 1 aliphatic heterocycles. The summed E-state index contributed by atoms with van der Waals surface area (Å²) < 4.78 is 7.41. The summed E-state index contributed by atoms with van der Waals surface area (Å²) in [7, 11) is 0. The zero-order chi connectivity index (χ0) is 33.6. The highest BCUT2D eigenvalue weighted by atomic mass is 16.5. The molecule has 0 aliphatic carbocycles. The summed E-state index contributed by atoms with van der Waals surface area (Å²) >= 11 is 0. The van der Waals surface area contributed by atoms with Crippen LogP contribution in [0.25, 0.3) is 34.2 Å². The summed E-state index contributed by atoms with van der Waals surface area (Å²) in [4.78, 5) is 51.6. The Labute approximate surface area is 278 Å². The third kappa shape index (κ3) is 7.17. The monoisotopic (exact) mass is 646 g/mol. The van der Waals surface area contributed by atoms with E-state index >= 15 is 0 Å². The number of carbonyl (C=O) groups is 3. The molecule has 3 heterocycles. The van der Waals surface area contributed by atoms with Crippen LogP contribution in [0.15, 0.2) is 89.5 Å². The lowest BCUT2D eigenvalue weighted by Crippen LogP contribution is -2.47. The van der Waals surface area contributed by atoms with Crippen LogP contribution < -0.4 is 10.6 Å². The second-order valence-corrected chi connectivity index (χ2v) is 12.1. The first-order valence-electron chi connectivity index (χ1n) is 16.2.